The molecule has 0 N–H and O–H groups in total. The van der Waals surface area contributed by atoms with Gasteiger partial charge in [-0.2, -0.15) is 0 Å². The lowest BCUT2D eigenvalue weighted by atomic mass is 9.63. The van der Waals surface area contributed by atoms with Gasteiger partial charge in [0.2, 0.25) is 11.8 Å². The van der Waals surface area contributed by atoms with Gasteiger partial charge >= 0.3 is 0 Å². The predicted octanol–water partition coefficient (Wildman–Crippen LogP) is 2.77. The van der Waals surface area contributed by atoms with Crippen LogP contribution in [0.4, 0.5) is 11.4 Å². The number of aryl methyl sites for hydroxylation is 2. The van der Waals surface area contributed by atoms with Crippen molar-refractivity contribution in [3.8, 4) is 0 Å². The molecule has 2 saturated carbocycles. The lowest BCUT2D eigenvalue weighted by molar-refractivity contribution is -0.384. The second kappa shape index (κ2) is 4.56. The Morgan fingerprint density at radius 1 is 1.00 bits per heavy atom. The molecule has 2 amide bonds. The lowest BCUT2D eigenvalue weighted by Gasteiger charge is -2.37. The first-order valence-electron chi connectivity index (χ1n) is 8.72. The van der Waals surface area contributed by atoms with E-state index in [0.717, 1.165) is 22.4 Å². The summed E-state index contributed by atoms with van der Waals surface area (Å²) in [5.41, 5.74) is 1.56. The molecule has 0 aromatic heterocycles. The average Bonchev–Trinajstić information content (AvgIpc) is 3.34. The molecule has 6 nitrogen and oxygen atoms in total. The largest absolute Gasteiger partial charge is 0.293 e. The van der Waals surface area contributed by atoms with E-state index in [9.17, 15) is 19.7 Å². The van der Waals surface area contributed by atoms with Crippen LogP contribution in [0.5, 0.6) is 0 Å². The van der Waals surface area contributed by atoms with Crippen molar-refractivity contribution in [3.05, 3.63) is 45.5 Å². The van der Waals surface area contributed by atoms with E-state index in [1.807, 2.05) is 6.92 Å². The van der Waals surface area contributed by atoms with Gasteiger partial charge in [-0.15, -0.1) is 0 Å². The molecule has 128 valence electrons. The van der Waals surface area contributed by atoms with Crippen molar-refractivity contribution in [2.45, 2.75) is 20.3 Å². The van der Waals surface area contributed by atoms with Crippen LogP contribution in [0.1, 0.15) is 17.5 Å². The molecule has 25 heavy (non-hydrogen) atoms. The minimum Gasteiger partial charge on any atom is -0.274 e. The number of amides is 2. The van der Waals surface area contributed by atoms with Crippen LogP contribution in [0.15, 0.2) is 24.3 Å². The Hall–Kier alpha value is -2.50. The van der Waals surface area contributed by atoms with Crippen molar-refractivity contribution in [2.24, 2.45) is 35.5 Å². The average molecular weight is 338 g/mol. The van der Waals surface area contributed by atoms with Crippen molar-refractivity contribution in [1.29, 1.82) is 0 Å². The monoisotopic (exact) mass is 338 g/mol. The van der Waals surface area contributed by atoms with Crippen LogP contribution in [0.3, 0.4) is 0 Å². The van der Waals surface area contributed by atoms with E-state index in [1.165, 1.54) is 6.07 Å². The van der Waals surface area contributed by atoms with Crippen molar-refractivity contribution in [1.82, 2.24) is 0 Å². The summed E-state index contributed by atoms with van der Waals surface area (Å²) in [5, 5.41) is 11.5. The first-order valence-corrected chi connectivity index (χ1v) is 8.72. The smallest absolute Gasteiger partial charge is 0.274 e. The number of nitro benzene ring substituents is 1. The van der Waals surface area contributed by atoms with Gasteiger partial charge < -0.3 is 0 Å². The van der Waals surface area contributed by atoms with Crippen molar-refractivity contribution >= 4 is 23.2 Å². The Morgan fingerprint density at radius 2 is 1.52 bits per heavy atom. The third-order valence-electron chi connectivity index (χ3n) is 6.69. The molecule has 2 bridgehead atoms. The van der Waals surface area contributed by atoms with Crippen molar-refractivity contribution in [3.63, 3.8) is 0 Å². The molecule has 5 aliphatic rings. The van der Waals surface area contributed by atoms with Crippen LogP contribution in [0, 0.1) is 59.5 Å². The topological polar surface area (TPSA) is 80.5 Å². The van der Waals surface area contributed by atoms with E-state index in [1.54, 1.807) is 13.0 Å². The van der Waals surface area contributed by atoms with Gasteiger partial charge in [-0.05, 0) is 61.1 Å². The van der Waals surface area contributed by atoms with Crippen LogP contribution in [0.25, 0.3) is 0 Å². The van der Waals surface area contributed by atoms with Gasteiger partial charge in [-0.3, -0.25) is 19.7 Å². The zero-order valence-corrected chi connectivity index (χ0v) is 14.0. The predicted molar refractivity (Wildman–Crippen MR) is 89.8 cm³/mol. The molecule has 4 aliphatic carbocycles. The number of benzene rings is 1. The third kappa shape index (κ3) is 1.74. The van der Waals surface area contributed by atoms with E-state index in [4.69, 9.17) is 0 Å². The fourth-order valence-electron chi connectivity index (χ4n) is 5.31. The Bertz CT molecular complexity index is 854. The number of carbonyl (C=O) groups excluding carboxylic acids is 2. The number of rotatable bonds is 2. The summed E-state index contributed by atoms with van der Waals surface area (Å²) in [6, 6.07) is 3.06. The minimum absolute atomic E-state index is 0.118. The Balaban J connectivity index is 1.63. The zero-order chi connectivity index (χ0) is 17.6. The number of carbonyl (C=O) groups is 2. The number of anilines is 1. The van der Waals surface area contributed by atoms with Gasteiger partial charge in [0.05, 0.1) is 16.8 Å². The van der Waals surface area contributed by atoms with Gasteiger partial charge in [-0.1, -0.05) is 12.2 Å². The first-order chi connectivity index (χ1) is 11.9. The summed E-state index contributed by atoms with van der Waals surface area (Å²) < 4.78 is 0. The molecule has 6 atom stereocenters. The lowest BCUT2D eigenvalue weighted by Crippen LogP contribution is -2.40. The Morgan fingerprint density at radius 3 is 2.04 bits per heavy atom. The number of hydrogen-bond donors (Lipinski definition) is 0. The van der Waals surface area contributed by atoms with Crippen LogP contribution < -0.4 is 4.90 Å². The van der Waals surface area contributed by atoms with Crippen molar-refractivity contribution in [2.75, 3.05) is 4.90 Å². The van der Waals surface area contributed by atoms with Gasteiger partial charge in [0.15, 0.2) is 0 Å². The highest BCUT2D eigenvalue weighted by Gasteiger charge is 2.67. The van der Waals surface area contributed by atoms with Crippen molar-refractivity contribution < 1.29 is 14.5 Å². The summed E-state index contributed by atoms with van der Waals surface area (Å²) in [4.78, 5) is 38.4. The molecule has 0 radical (unpaired) electrons. The standard InChI is InChI=1S/C19H18N2O4/c1-8-5-14(15(21(24)25)6-9(8)2)20-18(22)16-10-3-4-11(13-7-12(10)13)17(16)19(20)23/h3-6,10-13,16-17H,7H2,1-2H3. The van der Waals surface area contributed by atoms with Crippen LogP contribution in [0.2, 0.25) is 0 Å². The molecule has 1 aliphatic heterocycles. The molecule has 6 unspecified atom stereocenters. The summed E-state index contributed by atoms with van der Waals surface area (Å²) in [6.07, 6.45) is 5.30. The maximum absolute atomic E-state index is 13.1. The van der Waals surface area contributed by atoms with E-state index in [0.29, 0.717) is 11.8 Å². The second-order valence-corrected chi connectivity index (χ2v) is 7.85. The molecule has 3 fully saturated rings. The number of hydrogen-bond acceptors (Lipinski definition) is 4. The fraction of sp³-hybridized carbons (Fsp3) is 0.474. The fourth-order valence-corrected chi connectivity index (χ4v) is 5.31. The Kier molecular flexibility index (Phi) is 2.70. The molecular weight excluding hydrogens is 320 g/mol. The summed E-state index contributed by atoms with van der Waals surface area (Å²) in [5.74, 6) is 0.0708. The Labute approximate surface area is 144 Å². The number of allylic oxidation sites excluding steroid dienone is 2. The number of nitro groups is 1. The van der Waals surface area contributed by atoms with Gasteiger partial charge in [-0.25, -0.2) is 4.90 Å². The van der Waals surface area contributed by atoms with Gasteiger partial charge in [0, 0.05) is 6.07 Å². The molecule has 0 spiro atoms. The molecule has 1 aromatic rings. The molecule has 6 rings (SSSR count). The molecule has 1 heterocycles. The van der Waals surface area contributed by atoms with Crippen LogP contribution in [-0.2, 0) is 9.59 Å². The third-order valence-corrected chi connectivity index (χ3v) is 6.69. The van der Waals surface area contributed by atoms with Crippen LogP contribution in [-0.4, -0.2) is 16.7 Å². The molecule has 1 aromatic carbocycles. The number of imide groups is 1. The first kappa shape index (κ1) is 14.8. The van der Waals surface area contributed by atoms with E-state index in [2.05, 4.69) is 12.2 Å². The summed E-state index contributed by atoms with van der Waals surface area (Å²) >= 11 is 0. The maximum Gasteiger partial charge on any atom is 0.293 e. The van der Waals surface area contributed by atoms with E-state index < -0.39 is 4.92 Å². The molecule has 1 saturated heterocycles. The van der Waals surface area contributed by atoms with Gasteiger partial charge in [0.1, 0.15) is 5.69 Å². The minimum atomic E-state index is -0.505. The summed E-state index contributed by atoms with van der Waals surface area (Å²) in [6.45, 7) is 3.62. The maximum atomic E-state index is 13.1. The highest BCUT2D eigenvalue weighted by Crippen LogP contribution is 2.65. The quantitative estimate of drug-likeness (QED) is 0.359. The molecule has 6 heteroatoms. The zero-order valence-electron chi connectivity index (χ0n) is 14.0. The van der Waals surface area contributed by atoms with Gasteiger partial charge in [0.25, 0.3) is 5.69 Å². The second-order valence-electron chi connectivity index (χ2n) is 7.85. The number of nitrogens with zero attached hydrogens (tertiary/aromatic N) is 2. The summed E-state index contributed by atoms with van der Waals surface area (Å²) in [7, 11) is 0. The van der Waals surface area contributed by atoms with E-state index >= 15 is 0 Å². The normalized spacial score (nSPS) is 37.3. The van der Waals surface area contributed by atoms with E-state index in [-0.39, 0.29) is 46.9 Å². The highest BCUT2D eigenvalue weighted by atomic mass is 16.6. The SMILES string of the molecule is Cc1cc(N2C(=O)C3C4C=CC(C5CC45)C3C2=O)c([N+](=O)[O-])cc1C. The molecular formula is C19H18N2O4. The highest BCUT2D eigenvalue weighted by molar-refractivity contribution is 6.23. The van der Waals surface area contributed by atoms with Crippen LogP contribution >= 0.6 is 0 Å².